The van der Waals surface area contributed by atoms with Gasteiger partial charge in [-0.3, -0.25) is 0 Å². The molecule has 3 aromatic carbocycles. The van der Waals surface area contributed by atoms with Crippen molar-refractivity contribution in [1.82, 2.24) is 0 Å². The molecule has 0 fully saturated rings. The van der Waals surface area contributed by atoms with Crippen LogP contribution in [0.25, 0.3) is 44.3 Å². The van der Waals surface area contributed by atoms with Crippen LogP contribution >= 0.6 is 0 Å². The normalized spacial score (nSPS) is 13.4. The van der Waals surface area contributed by atoms with E-state index < -0.39 is 11.8 Å². The molecule has 0 saturated carbocycles. The molecule has 0 aliphatic carbocycles. The highest BCUT2D eigenvalue weighted by Crippen LogP contribution is 2.40. The summed E-state index contributed by atoms with van der Waals surface area (Å²) in [6.45, 7) is 7.91. The second-order valence-electron chi connectivity index (χ2n) is 9.57. The first-order valence-corrected chi connectivity index (χ1v) is 11.1. The van der Waals surface area contributed by atoms with Crippen molar-refractivity contribution in [2.75, 3.05) is 0 Å². The van der Waals surface area contributed by atoms with Gasteiger partial charge in [0.15, 0.2) is 6.20 Å². The van der Waals surface area contributed by atoms with Crippen LogP contribution in [0.1, 0.15) is 34.6 Å². The summed E-state index contributed by atoms with van der Waals surface area (Å²) in [5.74, 6) is 0. The fourth-order valence-electron chi connectivity index (χ4n) is 4.45. The minimum Gasteiger partial charge on any atom is -0.454 e. The molecule has 0 N–H and O–H groups in total. The Kier molecular flexibility index (Phi) is 4.34. The SMILES string of the molecule is [2H]C([2H])(c1cc[n+](C)c(-c2c(C)ccc3c2oc2c(-c4ccccc4)cccc23)c1)C(C)(C)C. The number of furan rings is 1. The van der Waals surface area contributed by atoms with E-state index >= 15 is 0 Å². The molecule has 5 rings (SSSR count). The predicted octanol–water partition coefficient (Wildman–Crippen LogP) is 7.64. The van der Waals surface area contributed by atoms with Gasteiger partial charge in [-0.1, -0.05) is 81.4 Å². The Labute approximate surface area is 192 Å². The Morgan fingerprint density at radius 2 is 1.62 bits per heavy atom. The molecule has 0 radical (unpaired) electrons. The summed E-state index contributed by atoms with van der Waals surface area (Å²) in [6, 6.07) is 24.7. The molecule has 5 aromatic rings. The highest BCUT2D eigenvalue weighted by Gasteiger charge is 2.23. The third-order valence-electron chi connectivity index (χ3n) is 5.89. The van der Waals surface area contributed by atoms with Crippen molar-refractivity contribution in [3.8, 4) is 22.4 Å². The molecular formula is C30H30NO+. The molecular weight excluding hydrogens is 390 g/mol. The molecule has 2 aromatic heterocycles. The molecule has 0 atom stereocenters. The molecule has 0 saturated heterocycles. The summed E-state index contributed by atoms with van der Waals surface area (Å²) >= 11 is 0. The van der Waals surface area contributed by atoms with Crippen LogP contribution < -0.4 is 4.57 Å². The fourth-order valence-corrected chi connectivity index (χ4v) is 4.45. The molecule has 0 amide bonds. The van der Waals surface area contributed by atoms with Crippen LogP contribution in [0.3, 0.4) is 0 Å². The quantitative estimate of drug-likeness (QED) is 0.273. The van der Waals surface area contributed by atoms with Gasteiger partial charge < -0.3 is 4.42 Å². The van der Waals surface area contributed by atoms with Gasteiger partial charge in [0.2, 0.25) is 5.69 Å². The van der Waals surface area contributed by atoms with Gasteiger partial charge in [0.05, 0.1) is 5.56 Å². The average molecular weight is 423 g/mol. The Hall–Kier alpha value is -3.39. The number of pyridine rings is 1. The van der Waals surface area contributed by atoms with E-state index in [1.807, 2.05) is 64.3 Å². The summed E-state index contributed by atoms with van der Waals surface area (Å²) < 4.78 is 26.3. The topological polar surface area (TPSA) is 17.0 Å². The van der Waals surface area contributed by atoms with Crippen molar-refractivity contribution in [1.29, 1.82) is 0 Å². The van der Waals surface area contributed by atoms with E-state index in [1.165, 1.54) is 0 Å². The van der Waals surface area contributed by atoms with Crippen molar-refractivity contribution >= 4 is 21.9 Å². The Morgan fingerprint density at radius 1 is 0.875 bits per heavy atom. The van der Waals surface area contributed by atoms with Crippen molar-refractivity contribution in [2.24, 2.45) is 12.5 Å². The van der Waals surface area contributed by atoms with Crippen LogP contribution in [0.2, 0.25) is 0 Å². The zero-order valence-corrected chi connectivity index (χ0v) is 19.4. The Bertz CT molecular complexity index is 1530. The highest BCUT2D eigenvalue weighted by atomic mass is 16.3. The summed E-state index contributed by atoms with van der Waals surface area (Å²) in [7, 11) is 2.00. The summed E-state index contributed by atoms with van der Waals surface area (Å²) in [5, 5.41) is 2.15. The van der Waals surface area contributed by atoms with Gasteiger partial charge in [-0.05, 0) is 35.4 Å². The van der Waals surface area contributed by atoms with E-state index in [4.69, 9.17) is 7.16 Å². The molecule has 0 spiro atoms. The number of benzene rings is 3. The van der Waals surface area contributed by atoms with Crippen molar-refractivity contribution in [3.63, 3.8) is 0 Å². The molecule has 0 aliphatic heterocycles. The van der Waals surface area contributed by atoms with Crippen LogP contribution in [0.15, 0.2) is 83.4 Å². The zero-order valence-electron chi connectivity index (χ0n) is 21.4. The standard InChI is InChI=1S/C30H30NO/c1-20-14-15-25-24-13-9-12-23(22-10-7-6-8-11-22)28(24)32-29(25)27(20)26-18-21(16-17-31(26)5)19-30(2,3)4/h6-18H,19H2,1-5H3/q+1/i19D2. The first-order valence-electron chi connectivity index (χ1n) is 12.1. The first-order chi connectivity index (χ1) is 16.1. The molecule has 160 valence electrons. The van der Waals surface area contributed by atoms with Gasteiger partial charge >= 0.3 is 0 Å². The van der Waals surface area contributed by atoms with E-state index in [9.17, 15) is 0 Å². The number of rotatable bonds is 3. The second-order valence-corrected chi connectivity index (χ2v) is 9.57. The zero-order chi connectivity index (χ0) is 24.3. The Balaban J connectivity index is 1.81. The maximum absolute atomic E-state index is 8.81. The van der Waals surface area contributed by atoms with E-state index in [2.05, 4.69) is 54.0 Å². The van der Waals surface area contributed by atoms with Gasteiger partial charge in [0.25, 0.3) is 0 Å². The van der Waals surface area contributed by atoms with E-state index in [0.29, 0.717) is 5.56 Å². The smallest absolute Gasteiger partial charge is 0.216 e. The number of nitrogens with zero attached hydrogens (tertiary/aromatic N) is 1. The molecule has 2 heteroatoms. The Morgan fingerprint density at radius 3 is 2.38 bits per heavy atom. The van der Waals surface area contributed by atoms with Gasteiger partial charge in [0, 0.05) is 31.2 Å². The molecule has 2 heterocycles. The molecule has 0 unspecified atom stereocenters. The second kappa shape index (κ2) is 7.63. The van der Waals surface area contributed by atoms with Gasteiger partial charge in [-0.2, -0.15) is 0 Å². The van der Waals surface area contributed by atoms with Crippen molar-refractivity contribution in [2.45, 2.75) is 34.1 Å². The summed E-state index contributed by atoms with van der Waals surface area (Å²) in [5.41, 5.74) is 7.08. The van der Waals surface area contributed by atoms with Gasteiger partial charge in [-0.15, -0.1) is 0 Å². The lowest BCUT2D eigenvalue weighted by molar-refractivity contribution is -0.660. The minimum atomic E-state index is -1.48. The first kappa shape index (κ1) is 18.2. The molecule has 32 heavy (non-hydrogen) atoms. The molecule has 0 bridgehead atoms. The van der Waals surface area contributed by atoms with Crippen LogP contribution in [-0.4, -0.2) is 0 Å². The van der Waals surface area contributed by atoms with Crippen LogP contribution in [0.5, 0.6) is 0 Å². The number of hydrogen-bond acceptors (Lipinski definition) is 1. The summed E-state index contributed by atoms with van der Waals surface area (Å²) in [6.07, 6.45) is 0.469. The van der Waals surface area contributed by atoms with Crippen molar-refractivity contribution < 1.29 is 11.7 Å². The van der Waals surface area contributed by atoms with E-state index in [0.717, 1.165) is 49.9 Å². The number of fused-ring (bicyclic) bond motifs is 3. The van der Waals surface area contributed by atoms with Crippen molar-refractivity contribution in [3.05, 3.63) is 90.1 Å². The monoisotopic (exact) mass is 422 g/mol. The number of aryl methyl sites for hydroxylation is 2. The van der Waals surface area contributed by atoms with E-state index in [1.54, 1.807) is 0 Å². The maximum Gasteiger partial charge on any atom is 0.216 e. The fraction of sp³-hybridized carbons (Fsp3) is 0.233. The number of hydrogen-bond donors (Lipinski definition) is 0. The lowest BCUT2D eigenvalue weighted by Crippen LogP contribution is -2.31. The lowest BCUT2D eigenvalue weighted by Gasteiger charge is -2.18. The molecule has 2 nitrogen and oxygen atoms in total. The third-order valence-corrected chi connectivity index (χ3v) is 5.89. The third kappa shape index (κ3) is 3.60. The van der Waals surface area contributed by atoms with Gasteiger partial charge in [-0.25, -0.2) is 4.57 Å². The number of aromatic nitrogens is 1. The minimum absolute atomic E-state index is 0.533. The van der Waals surface area contributed by atoms with Crippen LogP contribution in [0, 0.1) is 12.3 Å². The highest BCUT2D eigenvalue weighted by molar-refractivity contribution is 6.13. The average Bonchev–Trinajstić information content (AvgIpc) is 3.18. The molecule has 0 aliphatic rings. The van der Waals surface area contributed by atoms with Crippen LogP contribution in [0.4, 0.5) is 0 Å². The number of para-hydroxylation sites is 1. The van der Waals surface area contributed by atoms with Crippen LogP contribution in [-0.2, 0) is 13.4 Å². The lowest BCUT2D eigenvalue weighted by atomic mass is 9.88. The largest absolute Gasteiger partial charge is 0.454 e. The van der Waals surface area contributed by atoms with E-state index in [-0.39, 0.29) is 0 Å². The predicted molar refractivity (Wildman–Crippen MR) is 134 cm³/mol. The summed E-state index contributed by atoms with van der Waals surface area (Å²) in [4.78, 5) is 0. The maximum atomic E-state index is 8.81. The van der Waals surface area contributed by atoms with Gasteiger partial charge in [0.1, 0.15) is 18.2 Å².